The first-order valence-electron chi connectivity index (χ1n) is 9.41. The van der Waals surface area contributed by atoms with Crippen LogP contribution in [0.3, 0.4) is 0 Å². The molecule has 1 saturated heterocycles. The second kappa shape index (κ2) is 7.21. The maximum atomic E-state index is 12.5. The van der Waals surface area contributed by atoms with Gasteiger partial charge in [0.05, 0.1) is 0 Å². The largest absolute Gasteiger partial charge is 0.326 e. The van der Waals surface area contributed by atoms with Gasteiger partial charge in [-0.05, 0) is 37.1 Å². The molecule has 1 fully saturated rings. The molecule has 1 N–H and O–H groups in total. The summed E-state index contributed by atoms with van der Waals surface area (Å²) in [5.74, 6) is -0.0554. The summed E-state index contributed by atoms with van der Waals surface area (Å²) in [6.07, 6.45) is 1.70. The summed E-state index contributed by atoms with van der Waals surface area (Å²) in [4.78, 5) is 19.8. The van der Waals surface area contributed by atoms with Gasteiger partial charge in [-0.1, -0.05) is 51.8 Å². The second-order valence-corrected chi connectivity index (χ2v) is 8.57. The number of amides is 1. The summed E-state index contributed by atoms with van der Waals surface area (Å²) >= 11 is 3.44. The first-order chi connectivity index (χ1) is 12.9. The first kappa shape index (κ1) is 18.4. The van der Waals surface area contributed by atoms with Crippen LogP contribution >= 0.6 is 15.9 Å². The van der Waals surface area contributed by atoms with Crippen LogP contribution < -0.4 is 5.32 Å². The van der Waals surface area contributed by atoms with Crippen molar-refractivity contribution in [3.05, 3.63) is 69.2 Å². The molecule has 2 aliphatic heterocycles. The normalized spacial score (nSPS) is 19.2. The molecule has 27 heavy (non-hydrogen) atoms. The van der Waals surface area contributed by atoms with Gasteiger partial charge in [0, 0.05) is 42.5 Å². The number of halogens is 1. The Labute approximate surface area is 168 Å². The lowest BCUT2D eigenvalue weighted by Gasteiger charge is -2.37. The molecule has 0 aliphatic carbocycles. The van der Waals surface area contributed by atoms with Gasteiger partial charge in [-0.15, -0.1) is 0 Å². The molecule has 4 nitrogen and oxygen atoms in total. The maximum Gasteiger partial charge on any atom is 0.272 e. The van der Waals surface area contributed by atoms with Crippen LogP contribution in [0.5, 0.6) is 0 Å². The van der Waals surface area contributed by atoms with E-state index in [1.807, 2.05) is 24.3 Å². The van der Waals surface area contributed by atoms with E-state index < -0.39 is 5.66 Å². The number of aryl methyl sites for hydroxylation is 2. The van der Waals surface area contributed by atoms with E-state index in [4.69, 9.17) is 4.99 Å². The highest BCUT2D eigenvalue weighted by atomic mass is 79.9. The van der Waals surface area contributed by atoms with Crippen molar-refractivity contribution < 1.29 is 4.79 Å². The minimum absolute atomic E-state index is 0.0554. The molecule has 0 radical (unpaired) electrons. The minimum Gasteiger partial charge on any atom is -0.326 e. The molecule has 2 aromatic rings. The average Bonchev–Trinajstić information content (AvgIpc) is 2.96. The van der Waals surface area contributed by atoms with Crippen LogP contribution in [0, 0.1) is 13.8 Å². The number of nitrogens with one attached hydrogen (secondary N) is 1. The van der Waals surface area contributed by atoms with Gasteiger partial charge in [-0.2, -0.15) is 0 Å². The van der Waals surface area contributed by atoms with Crippen LogP contribution in [0.2, 0.25) is 0 Å². The maximum absolute atomic E-state index is 12.5. The van der Waals surface area contributed by atoms with Gasteiger partial charge < -0.3 is 5.32 Å². The zero-order valence-electron chi connectivity index (χ0n) is 15.8. The molecule has 0 unspecified atom stereocenters. The Morgan fingerprint density at radius 3 is 2.48 bits per heavy atom. The lowest BCUT2D eigenvalue weighted by atomic mass is 9.97. The first-order valence-corrected chi connectivity index (χ1v) is 10.2. The van der Waals surface area contributed by atoms with Gasteiger partial charge in [0.15, 0.2) is 0 Å². The number of carbonyl (C=O) groups is 1. The van der Waals surface area contributed by atoms with Crippen LogP contribution in [-0.2, 0) is 11.3 Å². The Kier molecular flexibility index (Phi) is 4.91. The fourth-order valence-corrected chi connectivity index (χ4v) is 4.21. The minimum atomic E-state index is -0.432. The topological polar surface area (TPSA) is 44.7 Å². The summed E-state index contributed by atoms with van der Waals surface area (Å²) in [6, 6.07) is 14.4. The third-order valence-electron chi connectivity index (χ3n) is 5.58. The molecule has 5 heteroatoms. The second-order valence-electron chi connectivity index (χ2n) is 7.66. The van der Waals surface area contributed by atoms with Crippen molar-refractivity contribution in [2.24, 2.45) is 4.99 Å². The van der Waals surface area contributed by atoms with Crippen molar-refractivity contribution in [1.82, 2.24) is 10.2 Å². The Balaban J connectivity index is 1.45. The fraction of sp³-hybridized carbons (Fsp3) is 0.364. The van der Waals surface area contributed by atoms with E-state index in [1.54, 1.807) is 0 Å². The summed E-state index contributed by atoms with van der Waals surface area (Å²) in [6.45, 7) is 7.14. The van der Waals surface area contributed by atoms with E-state index in [2.05, 4.69) is 58.2 Å². The molecular formula is C22H24BrN3O. The van der Waals surface area contributed by atoms with Crippen LogP contribution in [-0.4, -0.2) is 35.3 Å². The molecule has 2 aliphatic rings. The van der Waals surface area contributed by atoms with Gasteiger partial charge in [0.25, 0.3) is 5.91 Å². The van der Waals surface area contributed by atoms with E-state index in [-0.39, 0.29) is 5.91 Å². The van der Waals surface area contributed by atoms with E-state index in [0.717, 1.165) is 42.5 Å². The van der Waals surface area contributed by atoms with E-state index in [0.29, 0.717) is 5.71 Å². The van der Waals surface area contributed by atoms with Gasteiger partial charge in [0.2, 0.25) is 0 Å². The summed E-state index contributed by atoms with van der Waals surface area (Å²) < 4.78 is 1.000. The van der Waals surface area contributed by atoms with Crippen molar-refractivity contribution in [3.8, 4) is 0 Å². The average molecular weight is 426 g/mol. The monoisotopic (exact) mass is 425 g/mol. The van der Waals surface area contributed by atoms with Gasteiger partial charge >= 0.3 is 0 Å². The molecule has 0 bridgehead atoms. The number of hydrogen-bond donors (Lipinski definition) is 1. The summed E-state index contributed by atoms with van der Waals surface area (Å²) in [5.41, 5.74) is 5.04. The van der Waals surface area contributed by atoms with Crippen LogP contribution in [0.1, 0.15) is 35.1 Å². The zero-order valence-corrected chi connectivity index (χ0v) is 17.3. The molecule has 0 saturated carbocycles. The fourth-order valence-electron chi connectivity index (χ4n) is 3.95. The SMILES string of the molecule is Cc1ccc(CN2CCC3(CC2)N=C(c2ccc(Br)cc2)C(=O)N3)c(C)c1. The Morgan fingerprint density at radius 2 is 1.81 bits per heavy atom. The van der Waals surface area contributed by atoms with Crippen LogP contribution in [0.4, 0.5) is 0 Å². The third-order valence-corrected chi connectivity index (χ3v) is 6.11. The molecule has 2 aromatic carbocycles. The quantitative estimate of drug-likeness (QED) is 0.807. The number of benzene rings is 2. The summed E-state index contributed by atoms with van der Waals surface area (Å²) in [5, 5.41) is 3.15. The zero-order chi connectivity index (χ0) is 19.0. The lowest BCUT2D eigenvalue weighted by Crippen LogP contribution is -2.50. The predicted molar refractivity (Wildman–Crippen MR) is 112 cm³/mol. The smallest absolute Gasteiger partial charge is 0.272 e. The Morgan fingerprint density at radius 1 is 1.11 bits per heavy atom. The third kappa shape index (κ3) is 3.85. The number of piperidine rings is 1. The van der Waals surface area contributed by atoms with Crippen LogP contribution in [0.25, 0.3) is 0 Å². The highest BCUT2D eigenvalue weighted by molar-refractivity contribution is 9.10. The van der Waals surface area contributed by atoms with Gasteiger partial charge in [-0.3, -0.25) is 14.7 Å². The molecule has 0 atom stereocenters. The Hall–Kier alpha value is -1.98. The standard InChI is InChI=1S/C22H24BrN3O/c1-15-3-4-18(16(2)13-15)14-26-11-9-22(10-12-26)24-20(21(27)25-22)17-5-7-19(23)8-6-17/h3-8,13H,9-12,14H2,1-2H3,(H,25,27). The number of hydrogen-bond acceptors (Lipinski definition) is 3. The highest BCUT2D eigenvalue weighted by Crippen LogP contribution is 2.30. The Bertz CT molecular complexity index is 896. The molecule has 4 rings (SSSR count). The molecule has 2 heterocycles. The van der Waals surface area contributed by atoms with Gasteiger partial charge in [0.1, 0.15) is 11.4 Å². The molecule has 1 amide bonds. The molecule has 1 spiro atoms. The predicted octanol–water partition coefficient (Wildman–Crippen LogP) is 3.98. The number of likely N-dealkylation sites (tertiary alicyclic amines) is 1. The van der Waals surface area contributed by atoms with Gasteiger partial charge in [-0.25, -0.2) is 0 Å². The van der Waals surface area contributed by atoms with E-state index >= 15 is 0 Å². The van der Waals surface area contributed by atoms with Crippen molar-refractivity contribution in [2.75, 3.05) is 13.1 Å². The number of rotatable bonds is 3. The number of carbonyl (C=O) groups excluding carboxylic acids is 1. The van der Waals surface area contributed by atoms with Crippen molar-refractivity contribution in [1.29, 1.82) is 0 Å². The lowest BCUT2D eigenvalue weighted by molar-refractivity contribution is -0.115. The van der Waals surface area contributed by atoms with Crippen LogP contribution in [0.15, 0.2) is 51.9 Å². The summed E-state index contributed by atoms with van der Waals surface area (Å²) in [7, 11) is 0. The molecule has 0 aromatic heterocycles. The van der Waals surface area contributed by atoms with Crippen molar-refractivity contribution in [2.45, 2.75) is 38.9 Å². The number of nitrogens with zero attached hydrogens (tertiary/aromatic N) is 2. The van der Waals surface area contributed by atoms with E-state index in [9.17, 15) is 4.79 Å². The molecular weight excluding hydrogens is 402 g/mol. The highest BCUT2D eigenvalue weighted by Gasteiger charge is 2.42. The van der Waals surface area contributed by atoms with E-state index in [1.165, 1.54) is 16.7 Å². The number of aliphatic imine (C=N–C) groups is 1. The molecule has 140 valence electrons. The van der Waals surface area contributed by atoms with Crippen molar-refractivity contribution >= 4 is 27.5 Å². The van der Waals surface area contributed by atoms with Crippen molar-refractivity contribution in [3.63, 3.8) is 0 Å².